The summed E-state index contributed by atoms with van der Waals surface area (Å²) in [6, 6.07) is 1.73. The van der Waals surface area contributed by atoms with E-state index in [1.807, 2.05) is 19.9 Å². The Morgan fingerprint density at radius 3 is 2.86 bits per heavy atom. The molecule has 0 bridgehead atoms. The van der Waals surface area contributed by atoms with E-state index in [-0.39, 0.29) is 35.9 Å². The molecular weight excluding hydrogens is 374 g/mol. The van der Waals surface area contributed by atoms with Crippen LogP contribution in [0.15, 0.2) is 10.9 Å². The quantitative estimate of drug-likeness (QED) is 0.820. The van der Waals surface area contributed by atoms with Gasteiger partial charge in [-0.3, -0.25) is 19.5 Å². The molecule has 4 rings (SSSR count). The van der Waals surface area contributed by atoms with Gasteiger partial charge in [0.15, 0.2) is 5.65 Å². The smallest absolute Gasteiger partial charge is 0.276 e. The fourth-order valence-corrected chi connectivity index (χ4v) is 4.33. The van der Waals surface area contributed by atoms with Gasteiger partial charge in [0.05, 0.1) is 24.0 Å². The van der Waals surface area contributed by atoms with Crippen LogP contribution >= 0.6 is 0 Å². The second kappa shape index (κ2) is 7.62. The first-order valence-electron chi connectivity index (χ1n) is 10.1. The number of methoxy groups -OCH3 is 1. The Morgan fingerprint density at radius 2 is 2.14 bits per heavy atom. The number of nitrogens with one attached hydrogen (secondary N) is 1. The first-order chi connectivity index (χ1) is 13.9. The van der Waals surface area contributed by atoms with Crippen LogP contribution in [0.1, 0.15) is 49.7 Å². The van der Waals surface area contributed by atoms with Crippen molar-refractivity contribution in [3.8, 4) is 0 Å². The number of carbonyl (C=O) groups excluding carboxylic acids is 2. The van der Waals surface area contributed by atoms with Gasteiger partial charge in [0, 0.05) is 37.7 Å². The van der Waals surface area contributed by atoms with Crippen LogP contribution in [-0.4, -0.2) is 63.0 Å². The van der Waals surface area contributed by atoms with E-state index in [0.717, 1.165) is 18.5 Å². The number of aromatic nitrogens is 3. The number of fused-ring (bicyclic) bond motifs is 2. The molecule has 2 aromatic heterocycles. The monoisotopic (exact) mass is 401 g/mol. The molecule has 1 atom stereocenters. The third-order valence-corrected chi connectivity index (χ3v) is 5.79. The van der Waals surface area contributed by atoms with Crippen molar-refractivity contribution in [2.75, 3.05) is 26.8 Å². The lowest BCUT2D eigenvalue weighted by atomic mass is 10.0. The molecule has 1 saturated heterocycles. The fourth-order valence-electron chi connectivity index (χ4n) is 4.33. The molecule has 1 N–H and O–H groups in total. The lowest BCUT2D eigenvalue weighted by Crippen LogP contribution is -2.41. The van der Waals surface area contributed by atoms with Crippen molar-refractivity contribution in [2.24, 2.45) is 5.92 Å². The van der Waals surface area contributed by atoms with E-state index in [1.54, 1.807) is 9.80 Å². The van der Waals surface area contributed by atoms with Crippen LogP contribution in [0.4, 0.5) is 0 Å². The zero-order valence-corrected chi connectivity index (χ0v) is 17.1. The lowest BCUT2D eigenvalue weighted by Gasteiger charge is -2.29. The number of hydrogen-bond donors (Lipinski definition) is 1. The Bertz CT molecular complexity index is 1010. The third kappa shape index (κ3) is 3.43. The minimum absolute atomic E-state index is 0.0446. The summed E-state index contributed by atoms with van der Waals surface area (Å²) < 4.78 is 6.45. The summed E-state index contributed by atoms with van der Waals surface area (Å²) in [5, 5.41) is 3.16. The predicted octanol–water partition coefficient (Wildman–Crippen LogP) is 0.873. The summed E-state index contributed by atoms with van der Waals surface area (Å²) in [6.45, 7) is 5.36. The molecule has 0 saturated carbocycles. The average Bonchev–Trinajstić information content (AvgIpc) is 3.34. The van der Waals surface area contributed by atoms with Crippen LogP contribution in [0.3, 0.4) is 0 Å². The van der Waals surface area contributed by atoms with Crippen molar-refractivity contribution in [1.29, 1.82) is 0 Å². The van der Waals surface area contributed by atoms with Crippen LogP contribution in [0.25, 0.3) is 5.65 Å². The number of rotatable bonds is 4. The van der Waals surface area contributed by atoms with E-state index in [9.17, 15) is 14.4 Å². The van der Waals surface area contributed by atoms with Crippen LogP contribution < -0.4 is 5.56 Å². The molecule has 0 aliphatic carbocycles. The van der Waals surface area contributed by atoms with Crippen molar-refractivity contribution in [1.82, 2.24) is 24.4 Å². The molecule has 0 unspecified atom stereocenters. The maximum atomic E-state index is 13.0. The Kier molecular flexibility index (Phi) is 5.16. The molecule has 2 amide bonds. The molecular formula is C20H27N5O4. The van der Waals surface area contributed by atoms with Gasteiger partial charge in [-0.1, -0.05) is 13.8 Å². The summed E-state index contributed by atoms with van der Waals surface area (Å²) in [5.74, 6) is -0.0695. The highest BCUT2D eigenvalue weighted by Crippen LogP contribution is 2.31. The molecule has 9 nitrogen and oxygen atoms in total. The standard InChI is InChI=1S/C20H27N5O4/c1-12(2)19(27)23-8-6-13-15(10-23)21-17-9-14(22-25(17)20(13)28)16-5-4-7-24(16)18(26)11-29-3/h9,12,16,22H,4-8,10-11H2,1-3H3/t16-/m1/s1. The highest BCUT2D eigenvalue weighted by molar-refractivity contribution is 5.78. The van der Waals surface area contributed by atoms with Gasteiger partial charge in [0.25, 0.3) is 5.56 Å². The number of aromatic amines is 1. The minimum atomic E-state index is -0.124. The molecule has 2 aliphatic rings. The van der Waals surface area contributed by atoms with Crippen LogP contribution in [0.5, 0.6) is 0 Å². The molecule has 29 heavy (non-hydrogen) atoms. The number of nitrogens with zero attached hydrogens (tertiary/aromatic N) is 4. The van der Waals surface area contributed by atoms with E-state index in [4.69, 9.17) is 4.74 Å². The highest BCUT2D eigenvalue weighted by atomic mass is 16.5. The molecule has 0 spiro atoms. The first kappa shape index (κ1) is 19.6. The fraction of sp³-hybridized carbons (Fsp3) is 0.600. The summed E-state index contributed by atoms with van der Waals surface area (Å²) in [6.07, 6.45) is 2.23. The number of ether oxygens (including phenoxy) is 1. The molecule has 2 aromatic rings. The number of hydrogen-bond acceptors (Lipinski definition) is 5. The maximum absolute atomic E-state index is 13.0. The normalized spacial score (nSPS) is 19.2. The van der Waals surface area contributed by atoms with Gasteiger partial charge in [-0.05, 0) is 19.3 Å². The van der Waals surface area contributed by atoms with Gasteiger partial charge in [0.2, 0.25) is 11.8 Å². The van der Waals surface area contributed by atoms with Gasteiger partial charge in [-0.15, -0.1) is 0 Å². The molecule has 0 aromatic carbocycles. The Labute approximate surface area is 168 Å². The first-order valence-corrected chi connectivity index (χ1v) is 10.1. The molecule has 1 fully saturated rings. The van der Waals surface area contributed by atoms with Crippen molar-refractivity contribution >= 4 is 17.5 Å². The third-order valence-electron chi connectivity index (χ3n) is 5.79. The lowest BCUT2D eigenvalue weighted by molar-refractivity contribution is -0.136. The van der Waals surface area contributed by atoms with Crippen molar-refractivity contribution < 1.29 is 14.3 Å². The van der Waals surface area contributed by atoms with Crippen LogP contribution in [0, 0.1) is 5.92 Å². The molecule has 156 valence electrons. The van der Waals surface area contributed by atoms with Gasteiger partial charge >= 0.3 is 0 Å². The van der Waals surface area contributed by atoms with Crippen LogP contribution in [-0.2, 0) is 27.3 Å². The summed E-state index contributed by atoms with van der Waals surface area (Å²) in [7, 11) is 1.51. The predicted molar refractivity (Wildman–Crippen MR) is 105 cm³/mol. The van der Waals surface area contributed by atoms with E-state index in [0.29, 0.717) is 43.0 Å². The van der Waals surface area contributed by atoms with E-state index < -0.39 is 0 Å². The topological polar surface area (TPSA) is 100 Å². The van der Waals surface area contributed by atoms with Crippen molar-refractivity contribution in [3.63, 3.8) is 0 Å². The van der Waals surface area contributed by atoms with E-state index in [2.05, 4.69) is 10.1 Å². The van der Waals surface area contributed by atoms with Gasteiger partial charge in [-0.2, -0.15) is 0 Å². The summed E-state index contributed by atoms with van der Waals surface area (Å²) in [5.41, 5.74) is 2.52. The molecule has 9 heteroatoms. The summed E-state index contributed by atoms with van der Waals surface area (Å²) >= 11 is 0. The highest BCUT2D eigenvalue weighted by Gasteiger charge is 2.32. The molecule has 0 radical (unpaired) electrons. The van der Waals surface area contributed by atoms with Crippen molar-refractivity contribution in [2.45, 2.75) is 45.7 Å². The van der Waals surface area contributed by atoms with Gasteiger partial charge in [0.1, 0.15) is 6.61 Å². The van der Waals surface area contributed by atoms with E-state index >= 15 is 0 Å². The Balaban J connectivity index is 1.67. The SMILES string of the molecule is COCC(=O)N1CCC[C@@H]1c1cc2nc3c(c(=O)n2[nH]1)CCN(C(=O)C(C)C)C3. The number of carbonyl (C=O) groups is 2. The van der Waals surface area contributed by atoms with E-state index in [1.165, 1.54) is 11.6 Å². The second-order valence-electron chi connectivity index (χ2n) is 8.09. The largest absolute Gasteiger partial charge is 0.375 e. The van der Waals surface area contributed by atoms with Gasteiger partial charge < -0.3 is 14.5 Å². The number of likely N-dealkylation sites (tertiary alicyclic amines) is 1. The number of amides is 2. The molecule has 2 aliphatic heterocycles. The average molecular weight is 401 g/mol. The number of H-pyrrole nitrogens is 1. The van der Waals surface area contributed by atoms with Gasteiger partial charge in [-0.25, -0.2) is 9.50 Å². The Hall–Kier alpha value is -2.68. The van der Waals surface area contributed by atoms with Crippen molar-refractivity contribution in [3.05, 3.63) is 33.4 Å². The Morgan fingerprint density at radius 1 is 1.34 bits per heavy atom. The zero-order valence-electron chi connectivity index (χ0n) is 17.1. The maximum Gasteiger partial charge on any atom is 0.276 e. The molecule has 4 heterocycles. The van der Waals surface area contributed by atoms with Crippen LogP contribution in [0.2, 0.25) is 0 Å². The minimum Gasteiger partial charge on any atom is -0.375 e. The second-order valence-corrected chi connectivity index (χ2v) is 8.09. The zero-order chi connectivity index (χ0) is 20.7. The summed E-state index contributed by atoms with van der Waals surface area (Å²) in [4.78, 5) is 45.9.